The summed E-state index contributed by atoms with van der Waals surface area (Å²) in [5.74, 6) is 0. The largest absolute Gasteiger partial charge is 0.374 e. The highest BCUT2D eigenvalue weighted by Crippen LogP contribution is 2.25. The van der Waals surface area contributed by atoms with E-state index >= 15 is 0 Å². The molecule has 0 aromatic carbocycles. The number of hydrogen-bond donors (Lipinski definition) is 0. The van der Waals surface area contributed by atoms with Gasteiger partial charge in [0.2, 0.25) is 0 Å². The van der Waals surface area contributed by atoms with Gasteiger partial charge in [0, 0.05) is 19.2 Å². The van der Waals surface area contributed by atoms with Gasteiger partial charge in [-0.15, -0.1) is 0 Å². The molecule has 0 radical (unpaired) electrons. The maximum Gasteiger partial charge on any atom is 0.0778 e. The van der Waals surface area contributed by atoms with Crippen LogP contribution in [0.5, 0.6) is 0 Å². The van der Waals surface area contributed by atoms with Gasteiger partial charge in [-0.25, -0.2) is 0 Å². The summed E-state index contributed by atoms with van der Waals surface area (Å²) < 4.78 is 5.82. The fraction of sp³-hybridized carbons (Fsp3) is 1.00. The zero-order valence-electron chi connectivity index (χ0n) is 12.6. The molecule has 0 rings (SSSR count). The van der Waals surface area contributed by atoms with Crippen LogP contribution < -0.4 is 0 Å². The van der Waals surface area contributed by atoms with Crippen LogP contribution in [0.3, 0.4) is 0 Å². The van der Waals surface area contributed by atoms with Crippen LogP contribution in [0.2, 0.25) is 0 Å². The fourth-order valence-corrected chi connectivity index (χ4v) is 1.95. The lowest BCUT2D eigenvalue weighted by atomic mass is 9.88. The summed E-state index contributed by atoms with van der Waals surface area (Å²) in [5, 5.41) is 0. The first-order chi connectivity index (χ1) is 7.16. The summed E-state index contributed by atoms with van der Waals surface area (Å²) in [6.07, 6.45) is 1.21. The third kappa shape index (κ3) is 4.84. The average molecular weight is 229 g/mol. The zero-order valence-corrected chi connectivity index (χ0v) is 12.6. The lowest BCUT2D eigenvalue weighted by Crippen LogP contribution is -2.50. The van der Waals surface area contributed by atoms with E-state index in [1.165, 1.54) is 6.42 Å². The van der Waals surface area contributed by atoms with Crippen molar-refractivity contribution in [2.45, 2.75) is 66.5 Å². The van der Waals surface area contributed by atoms with Gasteiger partial charge in [-0.05, 0) is 46.6 Å². The Balaban J connectivity index is 4.43. The number of hydrogen-bond acceptors (Lipinski definition) is 2. The molecule has 0 saturated carbocycles. The van der Waals surface area contributed by atoms with Gasteiger partial charge in [0.25, 0.3) is 0 Å². The molecule has 2 heteroatoms. The van der Waals surface area contributed by atoms with Crippen molar-refractivity contribution in [3.8, 4) is 0 Å². The van der Waals surface area contributed by atoms with Gasteiger partial charge in [0.1, 0.15) is 0 Å². The predicted octanol–water partition coefficient (Wildman–Crippen LogP) is 3.56. The van der Waals surface area contributed by atoms with E-state index in [4.69, 9.17) is 4.74 Å². The van der Waals surface area contributed by atoms with Crippen molar-refractivity contribution in [2.24, 2.45) is 5.41 Å². The van der Waals surface area contributed by atoms with Gasteiger partial charge in [0.15, 0.2) is 0 Å². The fourth-order valence-electron chi connectivity index (χ4n) is 1.95. The Bertz CT molecular complexity index is 199. The lowest BCUT2D eigenvalue weighted by molar-refractivity contribution is -0.0686. The molecule has 0 aromatic rings. The summed E-state index contributed by atoms with van der Waals surface area (Å²) in [7, 11) is 2.20. The molecule has 0 fully saturated rings. The monoisotopic (exact) mass is 229 g/mol. The number of nitrogens with zero attached hydrogens (tertiary/aromatic N) is 1. The molecule has 16 heavy (non-hydrogen) atoms. The smallest absolute Gasteiger partial charge is 0.0778 e. The van der Waals surface area contributed by atoms with Crippen LogP contribution in [0.15, 0.2) is 0 Å². The highest BCUT2D eigenvalue weighted by Gasteiger charge is 2.31. The molecule has 0 saturated heterocycles. The summed E-state index contributed by atoms with van der Waals surface area (Å²) in [4.78, 5) is 2.42. The second-order valence-corrected chi connectivity index (χ2v) is 6.15. The van der Waals surface area contributed by atoms with Gasteiger partial charge in [-0.3, -0.25) is 0 Å². The van der Waals surface area contributed by atoms with Gasteiger partial charge >= 0.3 is 0 Å². The Hall–Kier alpha value is -0.0800. The molecule has 0 heterocycles. The molecule has 0 aromatic heterocycles. The van der Waals surface area contributed by atoms with Gasteiger partial charge in [-0.1, -0.05) is 20.8 Å². The molecule has 2 nitrogen and oxygen atoms in total. The highest BCUT2D eigenvalue weighted by molar-refractivity contribution is 4.85. The summed E-state index contributed by atoms with van der Waals surface area (Å²) in [6.45, 7) is 17.5. The number of ether oxygens (including phenoxy) is 1. The van der Waals surface area contributed by atoms with E-state index in [1.807, 2.05) is 0 Å². The van der Waals surface area contributed by atoms with Crippen LogP contribution in [0.4, 0.5) is 0 Å². The summed E-state index contributed by atoms with van der Waals surface area (Å²) in [5.41, 5.74) is 0.304. The Kier molecular flexibility index (Phi) is 5.99. The molecule has 0 aliphatic carbocycles. The van der Waals surface area contributed by atoms with Gasteiger partial charge < -0.3 is 9.64 Å². The molecule has 0 amide bonds. The van der Waals surface area contributed by atoms with Crippen molar-refractivity contribution in [3.05, 3.63) is 0 Å². The van der Waals surface area contributed by atoms with E-state index in [2.05, 4.69) is 60.4 Å². The van der Waals surface area contributed by atoms with Crippen molar-refractivity contribution >= 4 is 0 Å². The molecule has 0 aliphatic heterocycles. The number of rotatable bonds is 7. The first-order valence-electron chi connectivity index (χ1n) is 6.50. The first-order valence-corrected chi connectivity index (χ1v) is 6.50. The second kappa shape index (κ2) is 6.02. The van der Waals surface area contributed by atoms with Crippen LogP contribution in [-0.2, 0) is 4.74 Å². The second-order valence-electron chi connectivity index (χ2n) is 6.15. The summed E-state index contributed by atoms with van der Waals surface area (Å²) in [6, 6.07) is 0.429. The van der Waals surface area contributed by atoms with E-state index in [9.17, 15) is 0 Å². The van der Waals surface area contributed by atoms with E-state index in [0.29, 0.717) is 11.5 Å². The molecular formula is C14H31NO. The zero-order chi connectivity index (χ0) is 13.0. The van der Waals surface area contributed by atoms with Crippen molar-refractivity contribution in [1.29, 1.82) is 0 Å². The Labute approximate surface area is 102 Å². The third-order valence-electron chi connectivity index (χ3n) is 3.82. The van der Waals surface area contributed by atoms with Gasteiger partial charge in [-0.2, -0.15) is 0 Å². The molecule has 1 atom stereocenters. The lowest BCUT2D eigenvalue weighted by Gasteiger charge is -2.41. The van der Waals surface area contributed by atoms with Gasteiger partial charge in [0.05, 0.1) is 5.60 Å². The predicted molar refractivity (Wildman–Crippen MR) is 71.9 cm³/mol. The SMILES string of the molecule is CCOC(C)(C)C(C)N(C)CC(C)(C)CC. The molecule has 0 spiro atoms. The average Bonchev–Trinajstić information content (AvgIpc) is 2.16. The Morgan fingerprint density at radius 3 is 2.00 bits per heavy atom. The standard InChI is InChI=1S/C14H31NO/c1-9-13(4,5)11-15(8)12(3)14(6,7)16-10-2/h12H,9-11H2,1-8H3. The third-order valence-corrected chi connectivity index (χ3v) is 3.82. The van der Waals surface area contributed by atoms with Crippen molar-refractivity contribution in [1.82, 2.24) is 4.90 Å². The molecule has 0 N–H and O–H groups in total. The van der Waals surface area contributed by atoms with E-state index in [0.717, 1.165) is 13.2 Å². The summed E-state index contributed by atoms with van der Waals surface area (Å²) >= 11 is 0. The number of likely N-dealkylation sites (N-methyl/N-ethyl adjacent to an activating group) is 1. The molecular weight excluding hydrogens is 198 g/mol. The minimum absolute atomic E-state index is 0.0761. The maximum atomic E-state index is 5.82. The van der Waals surface area contributed by atoms with Crippen LogP contribution in [0.25, 0.3) is 0 Å². The van der Waals surface area contributed by atoms with E-state index < -0.39 is 0 Å². The highest BCUT2D eigenvalue weighted by atomic mass is 16.5. The topological polar surface area (TPSA) is 12.5 Å². The van der Waals surface area contributed by atoms with Crippen molar-refractivity contribution in [2.75, 3.05) is 20.2 Å². The first kappa shape index (κ1) is 15.9. The van der Waals surface area contributed by atoms with Crippen LogP contribution in [0.1, 0.15) is 54.9 Å². The van der Waals surface area contributed by atoms with Crippen LogP contribution in [0, 0.1) is 5.41 Å². The van der Waals surface area contributed by atoms with Crippen molar-refractivity contribution < 1.29 is 4.74 Å². The van der Waals surface area contributed by atoms with Crippen molar-refractivity contribution in [3.63, 3.8) is 0 Å². The minimum Gasteiger partial charge on any atom is -0.374 e. The van der Waals surface area contributed by atoms with E-state index in [1.54, 1.807) is 0 Å². The quantitative estimate of drug-likeness (QED) is 0.662. The maximum absolute atomic E-state index is 5.82. The normalized spacial score (nSPS) is 15.6. The molecule has 0 bridgehead atoms. The van der Waals surface area contributed by atoms with Crippen LogP contribution in [-0.4, -0.2) is 36.7 Å². The molecule has 98 valence electrons. The van der Waals surface area contributed by atoms with E-state index in [-0.39, 0.29) is 5.60 Å². The van der Waals surface area contributed by atoms with Crippen LogP contribution >= 0.6 is 0 Å². The molecule has 0 aliphatic rings. The molecule has 1 unspecified atom stereocenters. The Morgan fingerprint density at radius 2 is 1.62 bits per heavy atom. The minimum atomic E-state index is -0.0761. The Morgan fingerprint density at radius 1 is 1.12 bits per heavy atom.